The molecule has 1 aliphatic rings. The SMILES string of the molecule is CCCOCCCNC(CC)c1ccc2c(c1)CCO2. The fourth-order valence-electron chi connectivity index (χ4n) is 2.62. The number of hydrogen-bond donors (Lipinski definition) is 1. The van der Waals surface area contributed by atoms with E-state index in [0.29, 0.717) is 6.04 Å². The molecule has 0 radical (unpaired) electrons. The summed E-state index contributed by atoms with van der Waals surface area (Å²) in [6.07, 6.45) is 4.33. The van der Waals surface area contributed by atoms with Crippen molar-refractivity contribution in [2.75, 3.05) is 26.4 Å². The molecule has 1 aromatic carbocycles. The lowest BCUT2D eigenvalue weighted by Gasteiger charge is -2.18. The van der Waals surface area contributed by atoms with Gasteiger partial charge in [-0.15, -0.1) is 0 Å². The Morgan fingerprint density at radius 2 is 2.20 bits per heavy atom. The van der Waals surface area contributed by atoms with Gasteiger partial charge in [0.05, 0.1) is 6.61 Å². The Labute approximate surface area is 122 Å². The maximum Gasteiger partial charge on any atom is 0.122 e. The number of fused-ring (bicyclic) bond motifs is 1. The first kappa shape index (κ1) is 15.3. The summed E-state index contributed by atoms with van der Waals surface area (Å²) in [4.78, 5) is 0. The minimum absolute atomic E-state index is 0.437. The summed E-state index contributed by atoms with van der Waals surface area (Å²) < 4.78 is 11.1. The summed E-state index contributed by atoms with van der Waals surface area (Å²) in [5.74, 6) is 1.07. The van der Waals surface area contributed by atoms with Gasteiger partial charge >= 0.3 is 0 Å². The number of ether oxygens (including phenoxy) is 2. The van der Waals surface area contributed by atoms with Gasteiger partial charge in [-0.05, 0) is 43.0 Å². The Morgan fingerprint density at radius 1 is 1.30 bits per heavy atom. The third kappa shape index (κ3) is 4.22. The van der Waals surface area contributed by atoms with Crippen molar-refractivity contribution >= 4 is 0 Å². The topological polar surface area (TPSA) is 30.5 Å². The summed E-state index contributed by atoms with van der Waals surface area (Å²) >= 11 is 0. The van der Waals surface area contributed by atoms with Crippen LogP contribution in [0.25, 0.3) is 0 Å². The van der Waals surface area contributed by atoms with Gasteiger partial charge in [-0.1, -0.05) is 26.0 Å². The molecule has 3 heteroatoms. The highest BCUT2D eigenvalue weighted by Gasteiger charge is 2.15. The molecule has 0 saturated heterocycles. The molecule has 20 heavy (non-hydrogen) atoms. The zero-order chi connectivity index (χ0) is 14.2. The fraction of sp³-hybridized carbons (Fsp3) is 0.647. The van der Waals surface area contributed by atoms with E-state index >= 15 is 0 Å². The first-order valence-electron chi connectivity index (χ1n) is 7.92. The Bertz CT molecular complexity index is 406. The molecular formula is C17H27NO2. The van der Waals surface area contributed by atoms with Crippen molar-refractivity contribution < 1.29 is 9.47 Å². The van der Waals surface area contributed by atoms with Crippen molar-refractivity contribution in [3.8, 4) is 5.75 Å². The quantitative estimate of drug-likeness (QED) is 0.701. The monoisotopic (exact) mass is 277 g/mol. The van der Waals surface area contributed by atoms with E-state index in [0.717, 1.165) is 57.8 Å². The van der Waals surface area contributed by atoms with E-state index in [1.54, 1.807) is 0 Å². The second kappa shape index (κ2) is 8.28. The first-order valence-corrected chi connectivity index (χ1v) is 7.92. The average Bonchev–Trinajstić information content (AvgIpc) is 2.94. The van der Waals surface area contributed by atoms with Gasteiger partial charge in [0.1, 0.15) is 5.75 Å². The lowest BCUT2D eigenvalue weighted by atomic mass is 10.0. The van der Waals surface area contributed by atoms with E-state index in [4.69, 9.17) is 9.47 Å². The average molecular weight is 277 g/mol. The first-order chi connectivity index (χ1) is 9.85. The maximum atomic E-state index is 5.57. The van der Waals surface area contributed by atoms with Gasteiger partial charge in [-0.2, -0.15) is 0 Å². The summed E-state index contributed by atoms with van der Waals surface area (Å²) in [7, 11) is 0. The molecule has 0 amide bonds. The standard InChI is InChI=1S/C17H27NO2/c1-3-10-19-11-5-9-18-16(4-2)14-6-7-17-15(13-14)8-12-20-17/h6-7,13,16,18H,3-5,8-12H2,1-2H3. The second-order valence-corrected chi connectivity index (χ2v) is 5.35. The predicted molar refractivity (Wildman–Crippen MR) is 82.4 cm³/mol. The summed E-state index contributed by atoms with van der Waals surface area (Å²) in [5, 5.41) is 3.63. The maximum absolute atomic E-state index is 5.57. The molecule has 0 bridgehead atoms. The van der Waals surface area contributed by atoms with Gasteiger partial charge in [0.2, 0.25) is 0 Å². The van der Waals surface area contributed by atoms with E-state index in [1.807, 2.05) is 0 Å². The van der Waals surface area contributed by atoms with Crippen molar-refractivity contribution in [3.63, 3.8) is 0 Å². The van der Waals surface area contributed by atoms with Crippen LogP contribution in [0.5, 0.6) is 5.75 Å². The van der Waals surface area contributed by atoms with Crippen LogP contribution in [0.15, 0.2) is 18.2 Å². The highest BCUT2D eigenvalue weighted by atomic mass is 16.5. The highest BCUT2D eigenvalue weighted by Crippen LogP contribution is 2.29. The number of nitrogens with one attached hydrogen (secondary N) is 1. The molecule has 1 heterocycles. The molecule has 0 fully saturated rings. The van der Waals surface area contributed by atoms with Gasteiger partial charge in [0, 0.05) is 25.7 Å². The zero-order valence-electron chi connectivity index (χ0n) is 12.8. The Morgan fingerprint density at radius 3 is 3.00 bits per heavy atom. The van der Waals surface area contributed by atoms with Crippen LogP contribution in [-0.4, -0.2) is 26.4 Å². The van der Waals surface area contributed by atoms with Crippen LogP contribution >= 0.6 is 0 Å². The van der Waals surface area contributed by atoms with Gasteiger partial charge in [-0.25, -0.2) is 0 Å². The molecule has 2 rings (SSSR count). The van der Waals surface area contributed by atoms with Gasteiger partial charge in [0.15, 0.2) is 0 Å². The molecule has 0 spiro atoms. The lowest BCUT2D eigenvalue weighted by Crippen LogP contribution is -2.23. The molecule has 112 valence electrons. The zero-order valence-corrected chi connectivity index (χ0v) is 12.8. The van der Waals surface area contributed by atoms with Crippen molar-refractivity contribution in [1.29, 1.82) is 0 Å². The van der Waals surface area contributed by atoms with E-state index in [2.05, 4.69) is 37.4 Å². The Hall–Kier alpha value is -1.06. The van der Waals surface area contributed by atoms with Crippen LogP contribution in [0.3, 0.4) is 0 Å². The molecule has 1 atom stereocenters. The predicted octanol–water partition coefficient (Wildman–Crippen LogP) is 3.48. The molecule has 1 N–H and O–H groups in total. The van der Waals surface area contributed by atoms with Crippen molar-refractivity contribution in [2.24, 2.45) is 0 Å². The minimum Gasteiger partial charge on any atom is -0.493 e. The summed E-state index contributed by atoms with van der Waals surface area (Å²) in [6.45, 7) is 7.95. The normalized spacial score (nSPS) is 14.9. The molecule has 1 aliphatic heterocycles. The van der Waals surface area contributed by atoms with E-state index in [1.165, 1.54) is 11.1 Å². The third-order valence-corrected chi connectivity index (χ3v) is 3.73. The molecule has 0 saturated carbocycles. The lowest BCUT2D eigenvalue weighted by molar-refractivity contribution is 0.131. The number of benzene rings is 1. The van der Waals surface area contributed by atoms with Crippen LogP contribution < -0.4 is 10.1 Å². The van der Waals surface area contributed by atoms with Crippen LogP contribution in [-0.2, 0) is 11.2 Å². The van der Waals surface area contributed by atoms with E-state index in [9.17, 15) is 0 Å². The van der Waals surface area contributed by atoms with Crippen molar-refractivity contribution in [2.45, 2.75) is 45.6 Å². The highest BCUT2D eigenvalue weighted by molar-refractivity contribution is 5.40. The van der Waals surface area contributed by atoms with Gasteiger partial charge in [-0.3, -0.25) is 0 Å². The Balaban J connectivity index is 1.79. The molecule has 3 nitrogen and oxygen atoms in total. The summed E-state index contributed by atoms with van der Waals surface area (Å²) in [5.41, 5.74) is 2.74. The van der Waals surface area contributed by atoms with E-state index in [-0.39, 0.29) is 0 Å². The Kier molecular flexibility index (Phi) is 6.34. The number of hydrogen-bond acceptors (Lipinski definition) is 3. The van der Waals surface area contributed by atoms with E-state index < -0.39 is 0 Å². The van der Waals surface area contributed by atoms with Gasteiger partial charge < -0.3 is 14.8 Å². The van der Waals surface area contributed by atoms with Gasteiger partial charge in [0.25, 0.3) is 0 Å². The van der Waals surface area contributed by atoms with Crippen molar-refractivity contribution in [3.05, 3.63) is 29.3 Å². The molecule has 1 unspecified atom stereocenters. The molecule has 1 aromatic rings. The van der Waals surface area contributed by atoms with Crippen molar-refractivity contribution in [1.82, 2.24) is 5.32 Å². The smallest absolute Gasteiger partial charge is 0.122 e. The summed E-state index contributed by atoms with van der Waals surface area (Å²) in [6, 6.07) is 7.05. The third-order valence-electron chi connectivity index (χ3n) is 3.73. The van der Waals surface area contributed by atoms with Crippen LogP contribution in [0.1, 0.15) is 50.3 Å². The van der Waals surface area contributed by atoms with Crippen LogP contribution in [0.4, 0.5) is 0 Å². The fourth-order valence-corrected chi connectivity index (χ4v) is 2.62. The largest absolute Gasteiger partial charge is 0.493 e. The molecule has 0 aromatic heterocycles. The minimum atomic E-state index is 0.437. The second-order valence-electron chi connectivity index (χ2n) is 5.35. The molecule has 0 aliphatic carbocycles. The van der Waals surface area contributed by atoms with Crippen LogP contribution in [0, 0.1) is 0 Å². The van der Waals surface area contributed by atoms with Crippen LogP contribution in [0.2, 0.25) is 0 Å². The molecular weight excluding hydrogens is 250 g/mol. The number of rotatable bonds is 9.